The maximum Gasteiger partial charge on any atom is 0.164 e. The third-order valence-corrected chi connectivity index (χ3v) is 6.74. The molecule has 0 amide bonds. The number of phenols is 1. The van der Waals surface area contributed by atoms with Crippen LogP contribution in [0.1, 0.15) is 31.7 Å². The molecular weight excluding hydrogens is 378 g/mol. The summed E-state index contributed by atoms with van der Waals surface area (Å²) in [5.41, 5.74) is 8.29. The number of nitrogen functional groups attached to an aromatic ring is 1. The molecule has 5 rings (SSSR count). The Hall–Kier alpha value is -2.71. The van der Waals surface area contributed by atoms with Crippen LogP contribution in [-0.2, 0) is 0 Å². The number of nitrogens with two attached hydrogens (primary N) is 1. The third-order valence-electron chi connectivity index (χ3n) is 6.74. The largest absolute Gasteiger partial charge is 0.507 e. The van der Waals surface area contributed by atoms with Crippen molar-refractivity contribution in [3.8, 4) is 17.0 Å². The fourth-order valence-corrected chi connectivity index (χ4v) is 4.97. The van der Waals surface area contributed by atoms with Gasteiger partial charge in [0, 0.05) is 37.8 Å². The molecule has 2 fully saturated rings. The first-order valence-corrected chi connectivity index (χ1v) is 10.8. The van der Waals surface area contributed by atoms with Gasteiger partial charge in [0.2, 0.25) is 0 Å². The zero-order valence-electron chi connectivity index (χ0n) is 17.4. The molecule has 0 spiro atoms. The first-order chi connectivity index (χ1) is 14.6. The van der Waals surface area contributed by atoms with Gasteiger partial charge in [-0.05, 0) is 44.9 Å². The number of anilines is 1. The maximum absolute atomic E-state index is 10.4. The predicted molar refractivity (Wildman–Crippen MR) is 117 cm³/mol. The Bertz CT molecular complexity index is 1030. The number of benzene rings is 1. The fraction of sp³-hybridized carbons (Fsp3) is 0.500. The molecule has 3 heterocycles. The Morgan fingerprint density at radius 3 is 2.40 bits per heavy atom. The first-order valence-electron chi connectivity index (χ1n) is 10.8. The normalized spacial score (nSPS) is 23.8. The van der Waals surface area contributed by atoms with Gasteiger partial charge in [0.05, 0.1) is 11.4 Å². The van der Waals surface area contributed by atoms with Gasteiger partial charge in [0.1, 0.15) is 23.6 Å². The van der Waals surface area contributed by atoms with E-state index >= 15 is 0 Å². The highest BCUT2D eigenvalue weighted by Crippen LogP contribution is 2.39. The van der Waals surface area contributed by atoms with E-state index in [4.69, 9.17) is 10.8 Å². The number of hydrogen-bond donors (Lipinski definition) is 2. The summed E-state index contributed by atoms with van der Waals surface area (Å²) in [7, 11) is 2.20. The lowest BCUT2D eigenvalue weighted by Crippen LogP contribution is -2.49. The van der Waals surface area contributed by atoms with Crippen molar-refractivity contribution in [2.45, 2.75) is 37.8 Å². The van der Waals surface area contributed by atoms with Gasteiger partial charge < -0.3 is 15.7 Å². The van der Waals surface area contributed by atoms with Gasteiger partial charge in [-0.1, -0.05) is 12.1 Å². The van der Waals surface area contributed by atoms with Gasteiger partial charge in [-0.15, -0.1) is 0 Å². The SMILES string of the molecule is CN1CCN([C@H]2CC[C@@H](n3nc(-c4ccccc4O)c4c(N)ncnc43)CC2)CC1. The molecule has 30 heavy (non-hydrogen) atoms. The summed E-state index contributed by atoms with van der Waals surface area (Å²) in [6.45, 7) is 4.64. The number of likely N-dealkylation sites (N-methyl/N-ethyl adjacent to an activating group) is 1. The molecule has 8 nitrogen and oxygen atoms in total. The Kier molecular flexibility index (Phi) is 5.04. The van der Waals surface area contributed by atoms with E-state index in [-0.39, 0.29) is 11.8 Å². The van der Waals surface area contributed by atoms with E-state index in [0.29, 0.717) is 23.1 Å². The van der Waals surface area contributed by atoms with Crippen molar-refractivity contribution in [2.24, 2.45) is 0 Å². The van der Waals surface area contributed by atoms with Crippen molar-refractivity contribution < 1.29 is 5.11 Å². The second-order valence-electron chi connectivity index (χ2n) is 8.57. The van der Waals surface area contributed by atoms with Crippen LogP contribution in [0.2, 0.25) is 0 Å². The number of hydrogen-bond acceptors (Lipinski definition) is 7. The molecule has 1 aromatic carbocycles. The van der Waals surface area contributed by atoms with Crippen LogP contribution in [0, 0.1) is 0 Å². The van der Waals surface area contributed by atoms with Crippen molar-refractivity contribution in [2.75, 3.05) is 39.0 Å². The molecule has 0 bridgehead atoms. The molecule has 158 valence electrons. The summed E-state index contributed by atoms with van der Waals surface area (Å²) in [6, 6.07) is 8.16. The lowest BCUT2D eigenvalue weighted by molar-refractivity contribution is 0.0815. The number of phenolic OH excluding ortho intramolecular Hbond substituents is 1. The molecule has 1 aliphatic carbocycles. The van der Waals surface area contributed by atoms with Crippen LogP contribution in [-0.4, -0.2) is 73.9 Å². The summed E-state index contributed by atoms with van der Waals surface area (Å²) >= 11 is 0. The minimum atomic E-state index is 0.186. The van der Waals surface area contributed by atoms with Crippen LogP contribution >= 0.6 is 0 Å². The van der Waals surface area contributed by atoms with Gasteiger partial charge in [0.15, 0.2) is 5.65 Å². The average Bonchev–Trinajstić information content (AvgIpc) is 3.16. The number of rotatable bonds is 3. The zero-order valence-corrected chi connectivity index (χ0v) is 17.4. The molecule has 3 N–H and O–H groups in total. The molecule has 2 aromatic heterocycles. The molecule has 8 heteroatoms. The van der Waals surface area contributed by atoms with Crippen molar-refractivity contribution in [1.29, 1.82) is 0 Å². The van der Waals surface area contributed by atoms with Gasteiger partial charge in [-0.2, -0.15) is 5.10 Å². The van der Waals surface area contributed by atoms with E-state index in [0.717, 1.165) is 50.1 Å². The summed E-state index contributed by atoms with van der Waals surface area (Å²) < 4.78 is 2.02. The zero-order chi connectivity index (χ0) is 20.7. The summed E-state index contributed by atoms with van der Waals surface area (Å²) in [5.74, 6) is 0.585. The molecule has 1 saturated carbocycles. The Morgan fingerprint density at radius 2 is 1.67 bits per heavy atom. The van der Waals surface area contributed by atoms with Crippen LogP contribution in [0.15, 0.2) is 30.6 Å². The number of aromatic hydroxyl groups is 1. The van der Waals surface area contributed by atoms with E-state index in [9.17, 15) is 5.11 Å². The molecule has 0 unspecified atom stereocenters. The molecule has 3 aromatic rings. The number of para-hydroxylation sites is 1. The van der Waals surface area contributed by atoms with E-state index in [2.05, 4.69) is 26.8 Å². The standard InChI is InChI=1S/C22H29N7O/c1-27-10-12-28(13-11-27)15-6-8-16(9-7-15)29-22-19(21(23)24-14-25-22)20(26-29)17-4-2-3-5-18(17)30/h2-5,14-16,30H,6-13H2,1H3,(H2,23,24,25)/t15-,16+. The van der Waals surface area contributed by atoms with Gasteiger partial charge >= 0.3 is 0 Å². The summed E-state index contributed by atoms with van der Waals surface area (Å²) in [6.07, 6.45) is 5.97. The highest BCUT2D eigenvalue weighted by molar-refractivity contribution is 5.99. The topological polar surface area (TPSA) is 96.3 Å². The smallest absolute Gasteiger partial charge is 0.164 e. The highest BCUT2D eigenvalue weighted by Gasteiger charge is 2.30. The number of piperazine rings is 1. The lowest BCUT2D eigenvalue weighted by atomic mass is 9.90. The summed E-state index contributed by atoms with van der Waals surface area (Å²) in [4.78, 5) is 13.8. The minimum Gasteiger partial charge on any atom is -0.507 e. The van der Waals surface area contributed by atoms with Crippen LogP contribution in [0.4, 0.5) is 5.82 Å². The third kappa shape index (κ3) is 3.40. The second kappa shape index (κ2) is 7.85. The molecule has 1 aliphatic heterocycles. The van der Waals surface area contributed by atoms with Crippen molar-refractivity contribution >= 4 is 16.9 Å². The number of nitrogens with zero attached hydrogens (tertiary/aromatic N) is 6. The Balaban J connectivity index is 1.43. The molecular formula is C22H29N7O. The number of fused-ring (bicyclic) bond motifs is 1. The Labute approximate surface area is 176 Å². The highest BCUT2D eigenvalue weighted by atomic mass is 16.3. The molecule has 1 saturated heterocycles. The second-order valence-corrected chi connectivity index (χ2v) is 8.57. The molecule has 2 aliphatic rings. The van der Waals surface area contributed by atoms with Crippen molar-refractivity contribution in [3.05, 3.63) is 30.6 Å². The minimum absolute atomic E-state index is 0.186. The van der Waals surface area contributed by atoms with E-state index < -0.39 is 0 Å². The molecule has 0 atom stereocenters. The Morgan fingerprint density at radius 1 is 0.967 bits per heavy atom. The van der Waals surface area contributed by atoms with Gasteiger partial charge in [-0.3, -0.25) is 4.90 Å². The van der Waals surface area contributed by atoms with Crippen molar-refractivity contribution in [3.63, 3.8) is 0 Å². The quantitative estimate of drug-likeness (QED) is 0.689. The monoisotopic (exact) mass is 407 g/mol. The number of aromatic nitrogens is 4. The van der Waals surface area contributed by atoms with Crippen LogP contribution in [0.5, 0.6) is 5.75 Å². The fourth-order valence-electron chi connectivity index (χ4n) is 4.97. The lowest BCUT2D eigenvalue weighted by Gasteiger charge is -2.41. The predicted octanol–water partition coefficient (Wildman–Crippen LogP) is 2.51. The van der Waals surface area contributed by atoms with Gasteiger partial charge in [-0.25, -0.2) is 14.6 Å². The summed E-state index contributed by atoms with van der Waals surface area (Å²) in [5, 5.41) is 16.0. The van der Waals surface area contributed by atoms with Crippen LogP contribution < -0.4 is 5.73 Å². The maximum atomic E-state index is 10.4. The van der Waals surface area contributed by atoms with Crippen molar-refractivity contribution in [1.82, 2.24) is 29.5 Å². The molecule has 0 radical (unpaired) electrons. The van der Waals surface area contributed by atoms with Crippen LogP contribution in [0.25, 0.3) is 22.3 Å². The van der Waals surface area contributed by atoms with Gasteiger partial charge in [0.25, 0.3) is 0 Å². The van der Waals surface area contributed by atoms with E-state index in [1.807, 2.05) is 16.8 Å². The van der Waals surface area contributed by atoms with E-state index in [1.54, 1.807) is 12.1 Å². The van der Waals surface area contributed by atoms with E-state index in [1.165, 1.54) is 19.2 Å². The first kappa shape index (κ1) is 19.3. The van der Waals surface area contributed by atoms with Crippen LogP contribution in [0.3, 0.4) is 0 Å². The average molecular weight is 408 g/mol.